The number of hydrogen-bond acceptors (Lipinski definition) is 4. The first-order valence-electron chi connectivity index (χ1n) is 10.3. The molecular formula is C22H32N2O3. The molecule has 1 aliphatic carbocycles. The zero-order chi connectivity index (χ0) is 19.1. The normalized spacial score (nSPS) is 23.6. The Bertz CT molecular complexity index is 615. The number of hydrogen-bond donors (Lipinski definition) is 2. The van der Waals surface area contributed by atoms with Gasteiger partial charge in [-0.1, -0.05) is 12.1 Å². The fourth-order valence-electron chi connectivity index (χ4n) is 4.35. The molecule has 1 aromatic rings. The van der Waals surface area contributed by atoms with Crippen molar-refractivity contribution in [3.63, 3.8) is 0 Å². The van der Waals surface area contributed by atoms with Crippen molar-refractivity contribution < 1.29 is 14.3 Å². The first-order valence-corrected chi connectivity index (χ1v) is 10.3. The molecule has 0 unspecified atom stereocenters. The lowest BCUT2D eigenvalue weighted by atomic mass is 9.83. The van der Waals surface area contributed by atoms with Crippen molar-refractivity contribution in [3.05, 3.63) is 35.4 Å². The van der Waals surface area contributed by atoms with Gasteiger partial charge in [-0.3, -0.25) is 9.59 Å². The van der Waals surface area contributed by atoms with Crippen molar-refractivity contribution in [1.29, 1.82) is 0 Å². The molecule has 2 aliphatic rings. The molecule has 0 aromatic heterocycles. The topological polar surface area (TPSA) is 67.4 Å². The number of amides is 1. The number of nitrogens with one attached hydrogen (secondary N) is 2. The van der Waals surface area contributed by atoms with E-state index in [4.69, 9.17) is 4.74 Å². The highest BCUT2D eigenvalue weighted by Crippen LogP contribution is 2.28. The number of carbonyl (C=O) groups is 2. The molecule has 0 spiro atoms. The predicted octanol–water partition coefficient (Wildman–Crippen LogP) is 3.40. The van der Waals surface area contributed by atoms with E-state index < -0.39 is 0 Å². The van der Waals surface area contributed by atoms with Gasteiger partial charge in [0.05, 0.1) is 7.11 Å². The van der Waals surface area contributed by atoms with Crippen molar-refractivity contribution in [3.8, 4) is 0 Å². The standard InChI is InChI=1S/C22H32N2O3/c1-27-21(25)11-4-16-2-9-20(10-3-16)24-22(26)19-7-5-17(6-8-19)18-12-14-23-15-13-18/h5-8,16,18,20,23H,2-4,9-15H2,1H3,(H,24,26). The molecule has 0 atom stereocenters. The van der Waals surface area contributed by atoms with Gasteiger partial charge in [-0.2, -0.15) is 0 Å². The molecule has 2 N–H and O–H groups in total. The minimum Gasteiger partial charge on any atom is -0.469 e. The summed E-state index contributed by atoms with van der Waals surface area (Å²) in [5.41, 5.74) is 2.10. The van der Waals surface area contributed by atoms with E-state index in [1.807, 2.05) is 12.1 Å². The maximum Gasteiger partial charge on any atom is 0.305 e. The van der Waals surface area contributed by atoms with Crippen LogP contribution in [0.4, 0.5) is 0 Å². The number of rotatable bonds is 6. The highest BCUT2D eigenvalue weighted by Gasteiger charge is 2.23. The molecule has 1 heterocycles. The molecule has 5 heteroatoms. The summed E-state index contributed by atoms with van der Waals surface area (Å²) in [5, 5.41) is 6.58. The van der Waals surface area contributed by atoms with Crippen LogP contribution in [0.3, 0.4) is 0 Å². The van der Waals surface area contributed by atoms with Crippen LogP contribution in [0.2, 0.25) is 0 Å². The molecule has 27 heavy (non-hydrogen) atoms. The molecule has 3 rings (SSSR count). The Morgan fingerprint density at radius 2 is 1.70 bits per heavy atom. The highest BCUT2D eigenvalue weighted by atomic mass is 16.5. The minimum absolute atomic E-state index is 0.0323. The van der Waals surface area contributed by atoms with Gasteiger partial charge in [0.2, 0.25) is 0 Å². The number of benzene rings is 1. The summed E-state index contributed by atoms with van der Waals surface area (Å²) in [6.07, 6.45) is 7.85. The van der Waals surface area contributed by atoms with Gasteiger partial charge in [0.15, 0.2) is 0 Å². The lowest BCUT2D eigenvalue weighted by Crippen LogP contribution is -2.37. The molecule has 0 bridgehead atoms. The van der Waals surface area contributed by atoms with E-state index in [0.717, 1.165) is 50.8 Å². The van der Waals surface area contributed by atoms with Crippen molar-refractivity contribution in [2.45, 2.75) is 63.3 Å². The average molecular weight is 373 g/mol. The second-order valence-electron chi connectivity index (χ2n) is 7.95. The van der Waals surface area contributed by atoms with E-state index >= 15 is 0 Å². The Morgan fingerprint density at radius 3 is 2.33 bits per heavy atom. The summed E-state index contributed by atoms with van der Waals surface area (Å²) < 4.78 is 4.71. The zero-order valence-corrected chi connectivity index (χ0v) is 16.3. The van der Waals surface area contributed by atoms with Crippen LogP contribution in [0.5, 0.6) is 0 Å². The molecule has 1 aromatic carbocycles. The Labute approximate surface area is 162 Å². The highest BCUT2D eigenvalue weighted by molar-refractivity contribution is 5.94. The van der Waals surface area contributed by atoms with Gasteiger partial charge in [0.1, 0.15) is 0 Å². The zero-order valence-electron chi connectivity index (χ0n) is 16.3. The third kappa shape index (κ3) is 5.80. The van der Waals surface area contributed by atoms with Gasteiger partial charge < -0.3 is 15.4 Å². The summed E-state index contributed by atoms with van der Waals surface area (Å²) >= 11 is 0. The second kappa shape index (κ2) is 9.88. The smallest absolute Gasteiger partial charge is 0.305 e. The number of piperidine rings is 1. The number of esters is 1. The van der Waals surface area contributed by atoms with Gasteiger partial charge in [0.25, 0.3) is 5.91 Å². The van der Waals surface area contributed by atoms with E-state index in [9.17, 15) is 9.59 Å². The monoisotopic (exact) mass is 372 g/mol. The fraction of sp³-hybridized carbons (Fsp3) is 0.636. The van der Waals surface area contributed by atoms with Crippen LogP contribution in [0, 0.1) is 5.92 Å². The maximum absolute atomic E-state index is 12.6. The summed E-state index contributed by atoms with van der Waals surface area (Å²) in [4.78, 5) is 23.8. The summed E-state index contributed by atoms with van der Waals surface area (Å²) in [7, 11) is 1.44. The molecular weight excluding hydrogens is 340 g/mol. The summed E-state index contributed by atoms with van der Waals surface area (Å²) in [6.45, 7) is 2.16. The second-order valence-corrected chi connectivity index (χ2v) is 7.95. The largest absolute Gasteiger partial charge is 0.469 e. The number of ether oxygens (including phenoxy) is 1. The minimum atomic E-state index is -0.127. The summed E-state index contributed by atoms with van der Waals surface area (Å²) in [6, 6.07) is 8.42. The molecule has 148 valence electrons. The fourth-order valence-corrected chi connectivity index (χ4v) is 4.35. The Morgan fingerprint density at radius 1 is 1.04 bits per heavy atom. The third-order valence-corrected chi connectivity index (χ3v) is 6.15. The average Bonchev–Trinajstić information content (AvgIpc) is 2.73. The van der Waals surface area contributed by atoms with Gasteiger partial charge in [-0.25, -0.2) is 0 Å². The van der Waals surface area contributed by atoms with Crippen molar-refractivity contribution >= 4 is 11.9 Å². The van der Waals surface area contributed by atoms with Crippen molar-refractivity contribution in [2.24, 2.45) is 5.92 Å². The molecule has 0 radical (unpaired) electrons. The molecule has 1 saturated heterocycles. The Hall–Kier alpha value is -1.88. The van der Waals surface area contributed by atoms with Gasteiger partial charge in [0, 0.05) is 18.0 Å². The van der Waals surface area contributed by atoms with E-state index in [0.29, 0.717) is 18.3 Å². The van der Waals surface area contributed by atoms with Gasteiger partial charge in [-0.05, 0) is 87.6 Å². The third-order valence-electron chi connectivity index (χ3n) is 6.15. The lowest BCUT2D eigenvalue weighted by Gasteiger charge is -2.29. The SMILES string of the molecule is COC(=O)CCC1CCC(NC(=O)c2ccc(C3CCNCC3)cc2)CC1. The number of methoxy groups -OCH3 is 1. The molecule has 1 amide bonds. The van der Waals surface area contributed by atoms with Gasteiger partial charge >= 0.3 is 5.97 Å². The van der Waals surface area contributed by atoms with Crippen LogP contribution in [-0.2, 0) is 9.53 Å². The van der Waals surface area contributed by atoms with Crippen LogP contribution in [0.1, 0.15) is 73.2 Å². The van der Waals surface area contributed by atoms with Gasteiger partial charge in [-0.15, -0.1) is 0 Å². The van der Waals surface area contributed by atoms with Crippen LogP contribution >= 0.6 is 0 Å². The number of carbonyl (C=O) groups excluding carboxylic acids is 2. The van der Waals surface area contributed by atoms with E-state index in [1.54, 1.807) is 0 Å². The van der Waals surface area contributed by atoms with Crippen LogP contribution in [0.25, 0.3) is 0 Å². The molecule has 1 aliphatic heterocycles. The van der Waals surface area contributed by atoms with E-state index in [1.165, 1.54) is 25.5 Å². The van der Waals surface area contributed by atoms with Crippen molar-refractivity contribution in [2.75, 3.05) is 20.2 Å². The summed E-state index contributed by atoms with van der Waals surface area (Å²) in [5.74, 6) is 1.09. The maximum atomic E-state index is 12.6. The van der Waals surface area contributed by atoms with Crippen LogP contribution in [0.15, 0.2) is 24.3 Å². The molecule has 2 fully saturated rings. The molecule has 5 nitrogen and oxygen atoms in total. The quantitative estimate of drug-likeness (QED) is 0.751. The van der Waals surface area contributed by atoms with Crippen LogP contribution < -0.4 is 10.6 Å². The van der Waals surface area contributed by atoms with Crippen molar-refractivity contribution in [1.82, 2.24) is 10.6 Å². The molecule has 1 saturated carbocycles. The van der Waals surface area contributed by atoms with E-state index in [2.05, 4.69) is 22.8 Å². The predicted molar refractivity (Wildman–Crippen MR) is 106 cm³/mol. The Balaban J connectivity index is 1.43. The van der Waals surface area contributed by atoms with Crippen LogP contribution in [-0.4, -0.2) is 38.1 Å². The first-order chi connectivity index (χ1) is 13.2. The lowest BCUT2D eigenvalue weighted by molar-refractivity contribution is -0.141. The Kier molecular flexibility index (Phi) is 7.27. The first kappa shape index (κ1) is 19.9. The van der Waals surface area contributed by atoms with E-state index in [-0.39, 0.29) is 17.9 Å².